The van der Waals surface area contributed by atoms with Gasteiger partial charge < -0.3 is 9.47 Å². The van der Waals surface area contributed by atoms with Gasteiger partial charge in [0, 0.05) is 7.05 Å². The number of methoxy groups -OCH3 is 1. The summed E-state index contributed by atoms with van der Waals surface area (Å²) in [7, 11) is 4.87. The van der Waals surface area contributed by atoms with Crippen molar-refractivity contribution in [3.8, 4) is 12.1 Å². The maximum Gasteiger partial charge on any atom is 0.410 e. The lowest BCUT2D eigenvalue weighted by molar-refractivity contribution is -0.752. The van der Waals surface area contributed by atoms with E-state index in [4.69, 9.17) is 9.47 Å². The number of carbonyl (C=O) groups is 1. The van der Waals surface area contributed by atoms with Gasteiger partial charge in [-0.2, -0.15) is 5.26 Å². The third kappa shape index (κ3) is 3.53. The fourth-order valence-corrected chi connectivity index (χ4v) is 2.92. The molecule has 122 valence electrons. The highest BCUT2D eigenvalue weighted by Crippen LogP contribution is 2.32. The van der Waals surface area contributed by atoms with Crippen LogP contribution in [0.25, 0.3) is 0 Å². The van der Waals surface area contributed by atoms with E-state index in [-0.39, 0.29) is 6.04 Å². The maximum atomic E-state index is 12.2. The number of hydrogen-bond donors (Lipinski definition) is 0. The molecule has 0 fully saturated rings. The topological polar surface area (TPSA) is 71.4 Å². The molecular weight excluding hydrogens is 352 g/mol. The molecule has 1 atom stereocenters. The zero-order valence-corrected chi connectivity index (χ0v) is 15.6. The molecule has 1 unspecified atom stereocenters. The smallest absolute Gasteiger partial charge is 0.410 e. The van der Waals surface area contributed by atoms with Crippen molar-refractivity contribution in [3.63, 3.8) is 0 Å². The normalized spacial score (nSPS) is 12.5. The second-order valence-electron chi connectivity index (χ2n) is 5.91. The van der Waals surface area contributed by atoms with Crippen LogP contribution in [0.4, 0.5) is 4.79 Å². The van der Waals surface area contributed by atoms with Crippen molar-refractivity contribution in [2.45, 2.75) is 39.3 Å². The fourth-order valence-electron chi connectivity index (χ4n) is 2.01. The largest absolute Gasteiger partial charge is 0.477 e. The Labute approximate surface area is 139 Å². The lowest BCUT2D eigenvalue weighted by Crippen LogP contribution is -2.45. The van der Waals surface area contributed by atoms with Crippen molar-refractivity contribution in [1.82, 2.24) is 9.58 Å². The minimum absolute atomic E-state index is 0.322. The third-order valence-corrected chi connectivity index (χ3v) is 3.95. The molecule has 0 aliphatic heterocycles. The first kappa shape index (κ1) is 18.3. The molecule has 0 N–H and O–H groups in total. The van der Waals surface area contributed by atoms with E-state index in [0.29, 0.717) is 10.4 Å². The number of carbonyl (C=O) groups excluding carboxylic acids is 1. The van der Waals surface area contributed by atoms with Crippen LogP contribution in [0.5, 0.6) is 5.88 Å². The highest BCUT2D eigenvalue weighted by Gasteiger charge is 2.36. The van der Waals surface area contributed by atoms with Crippen LogP contribution in [0.2, 0.25) is 0 Å². The Morgan fingerprint density at radius 1 is 1.50 bits per heavy atom. The average Bonchev–Trinajstić information content (AvgIpc) is 2.65. The van der Waals surface area contributed by atoms with Crippen molar-refractivity contribution in [1.29, 1.82) is 5.26 Å². The number of ether oxygens (including phenoxy) is 2. The van der Waals surface area contributed by atoms with Crippen LogP contribution in [0.1, 0.15) is 39.4 Å². The minimum Gasteiger partial charge on any atom is -0.477 e. The van der Waals surface area contributed by atoms with Crippen LogP contribution < -0.4 is 9.42 Å². The van der Waals surface area contributed by atoms with Crippen LogP contribution >= 0.6 is 15.9 Å². The molecule has 0 aromatic carbocycles. The first-order valence-electron chi connectivity index (χ1n) is 6.75. The zero-order valence-electron chi connectivity index (χ0n) is 14.0. The van der Waals surface area contributed by atoms with Crippen LogP contribution in [0.3, 0.4) is 0 Å². The molecule has 1 heterocycles. The number of halogens is 1. The van der Waals surface area contributed by atoms with Crippen molar-refractivity contribution < 1.29 is 19.0 Å². The zero-order chi connectivity index (χ0) is 17.2. The highest BCUT2D eigenvalue weighted by molar-refractivity contribution is 9.10. The summed E-state index contributed by atoms with van der Waals surface area (Å²) in [6, 6.07) is -0.322. The predicted octanol–water partition coefficient (Wildman–Crippen LogP) is 2.34. The lowest BCUT2D eigenvalue weighted by atomic mass is 10.2. The summed E-state index contributed by atoms with van der Waals surface area (Å²) in [5, 5.41) is 9.24. The Kier molecular flexibility index (Phi) is 5.46. The van der Waals surface area contributed by atoms with Gasteiger partial charge in [-0.1, -0.05) is 4.68 Å². The van der Waals surface area contributed by atoms with E-state index in [2.05, 4.69) is 15.9 Å². The Morgan fingerprint density at radius 3 is 2.41 bits per heavy atom. The second kappa shape index (κ2) is 6.57. The van der Waals surface area contributed by atoms with Crippen LogP contribution in [0.15, 0.2) is 4.47 Å². The average molecular weight is 374 g/mol. The van der Waals surface area contributed by atoms with Gasteiger partial charge in [-0.05, 0) is 48.3 Å². The first-order chi connectivity index (χ1) is 10.0. The summed E-state index contributed by atoms with van der Waals surface area (Å²) >= 11 is 3.44. The molecule has 0 saturated heterocycles. The number of nitriles is 1. The van der Waals surface area contributed by atoms with Crippen molar-refractivity contribution >= 4 is 22.0 Å². The Morgan fingerprint density at radius 2 is 2.05 bits per heavy atom. The SMILES string of the molecule is COc1c(Br)c(C(C)N(C)C(=O)OC(C)(C)C)[n+](C)n1C#N. The monoisotopic (exact) mass is 373 g/mol. The third-order valence-electron chi connectivity index (χ3n) is 3.20. The second-order valence-corrected chi connectivity index (χ2v) is 6.70. The number of aromatic nitrogens is 2. The van der Waals surface area contributed by atoms with E-state index in [1.165, 1.54) is 16.7 Å². The van der Waals surface area contributed by atoms with Gasteiger partial charge in [0.15, 0.2) is 11.5 Å². The summed E-state index contributed by atoms with van der Waals surface area (Å²) in [6.45, 7) is 7.29. The summed E-state index contributed by atoms with van der Waals surface area (Å²) < 4.78 is 14.2. The van der Waals surface area contributed by atoms with Gasteiger partial charge in [-0.15, -0.1) is 0 Å². The quantitative estimate of drug-likeness (QED) is 0.762. The van der Waals surface area contributed by atoms with E-state index in [1.54, 1.807) is 18.8 Å². The standard InChI is InChI=1S/C14H22BrN4O3/c1-9(17(5)13(20)22-14(2,3)4)11-10(15)12(21-7)19(8-16)18(11)6/h9H,1-7H3/q+1. The van der Waals surface area contributed by atoms with E-state index < -0.39 is 11.7 Å². The highest BCUT2D eigenvalue weighted by atomic mass is 79.9. The summed E-state index contributed by atoms with van der Waals surface area (Å²) in [4.78, 5) is 13.7. The summed E-state index contributed by atoms with van der Waals surface area (Å²) in [5.41, 5.74) is 0.160. The molecule has 1 aromatic rings. The molecule has 8 heteroatoms. The molecule has 0 spiro atoms. The van der Waals surface area contributed by atoms with Gasteiger partial charge >= 0.3 is 6.09 Å². The summed E-state index contributed by atoms with van der Waals surface area (Å²) in [6.07, 6.45) is 1.59. The van der Waals surface area contributed by atoms with Crippen LogP contribution in [-0.2, 0) is 11.8 Å². The molecule has 0 aliphatic carbocycles. The van der Waals surface area contributed by atoms with Gasteiger partial charge in [0.05, 0.1) is 7.11 Å². The molecule has 22 heavy (non-hydrogen) atoms. The Hall–Kier alpha value is -1.75. The van der Waals surface area contributed by atoms with E-state index in [9.17, 15) is 10.1 Å². The van der Waals surface area contributed by atoms with Gasteiger partial charge in [-0.3, -0.25) is 4.90 Å². The number of amides is 1. The molecule has 7 nitrogen and oxygen atoms in total. The molecule has 1 aromatic heterocycles. The number of hydrogen-bond acceptors (Lipinski definition) is 4. The van der Waals surface area contributed by atoms with Gasteiger partial charge in [-0.25, -0.2) is 4.79 Å². The first-order valence-corrected chi connectivity index (χ1v) is 7.54. The van der Waals surface area contributed by atoms with E-state index in [0.717, 1.165) is 5.69 Å². The summed E-state index contributed by atoms with van der Waals surface area (Å²) in [5.74, 6) is 0.379. The van der Waals surface area contributed by atoms with Crippen molar-refractivity contribution in [2.24, 2.45) is 7.05 Å². The predicted molar refractivity (Wildman–Crippen MR) is 83.3 cm³/mol. The van der Waals surface area contributed by atoms with Crippen LogP contribution in [-0.4, -0.2) is 35.4 Å². The number of rotatable bonds is 3. The number of nitrogens with zero attached hydrogens (tertiary/aromatic N) is 4. The maximum absolute atomic E-state index is 12.2. The molecule has 0 saturated carbocycles. The van der Waals surface area contributed by atoms with Gasteiger partial charge in [0.25, 0.3) is 5.88 Å². The van der Waals surface area contributed by atoms with Crippen molar-refractivity contribution in [3.05, 3.63) is 10.2 Å². The van der Waals surface area contributed by atoms with Gasteiger partial charge in [0.2, 0.25) is 11.9 Å². The molecule has 1 amide bonds. The molecule has 0 bridgehead atoms. The van der Waals surface area contributed by atoms with Crippen LogP contribution in [0, 0.1) is 11.5 Å². The Bertz CT molecular complexity index is 613. The van der Waals surface area contributed by atoms with Crippen molar-refractivity contribution in [2.75, 3.05) is 14.2 Å². The minimum atomic E-state index is -0.569. The Balaban J connectivity index is 3.19. The lowest BCUT2D eigenvalue weighted by Gasteiger charge is -2.27. The van der Waals surface area contributed by atoms with E-state index in [1.807, 2.05) is 33.9 Å². The fraction of sp³-hybridized carbons (Fsp3) is 0.643. The molecule has 0 radical (unpaired) electrons. The molecule has 1 rings (SSSR count). The molecule has 0 aliphatic rings. The van der Waals surface area contributed by atoms with Gasteiger partial charge in [0.1, 0.15) is 11.6 Å². The molecular formula is C14H22BrN4O3+. The van der Waals surface area contributed by atoms with E-state index >= 15 is 0 Å².